The fraction of sp³-hybridized carbons (Fsp3) is 0.417. The van der Waals surface area contributed by atoms with E-state index in [2.05, 4.69) is 11.4 Å². The van der Waals surface area contributed by atoms with Crippen LogP contribution in [0.25, 0.3) is 0 Å². The Hall–Kier alpha value is -1.38. The third kappa shape index (κ3) is 5.15. The summed E-state index contributed by atoms with van der Waals surface area (Å²) >= 11 is 0. The Balaban J connectivity index is 2.38. The van der Waals surface area contributed by atoms with E-state index < -0.39 is 0 Å². The van der Waals surface area contributed by atoms with Crippen molar-refractivity contribution >= 4 is 6.21 Å². The molecule has 1 radical (unpaired) electrons. The molecule has 0 saturated heterocycles. The quantitative estimate of drug-likeness (QED) is 0.552. The minimum absolute atomic E-state index is 0.108. The molecule has 81 valence electrons. The number of hydrogen-bond donors (Lipinski definition) is 0. The molecule has 0 heterocycles. The van der Waals surface area contributed by atoms with E-state index in [-0.39, 0.29) is 11.2 Å². The average molecular weight is 208 g/mol. The Bertz CT molecular complexity index is 324. The summed E-state index contributed by atoms with van der Waals surface area (Å²) < 4.78 is 12.6. The van der Waals surface area contributed by atoms with Gasteiger partial charge in [0, 0.05) is 5.41 Å². The average Bonchev–Trinajstić information content (AvgIpc) is 2.14. The van der Waals surface area contributed by atoms with Crippen LogP contribution in [0.1, 0.15) is 26.3 Å². The van der Waals surface area contributed by atoms with Crippen LogP contribution in [-0.4, -0.2) is 6.21 Å². The van der Waals surface area contributed by atoms with Gasteiger partial charge in [-0.2, -0.15) is 0 Å². The Morgan fingerprint density at radius 2 is 1.87 bits per heavy atom. The molecule has 0 aliphatic rings. The topological polar surface area (TPSA) is 21.6 Å². The van der Waals surface area contributed by atoms with E-state index in [4.69, 9.17) is 4.84 Å². The summed E-state index contributed by atoms with van der Waals surface area (Å²) in [6.45, 7) is 6.29. The van der Waals surface area contributed by atoms with Gasteiger partial charge in [-0.15, -0.1) is 0 Å². The highest BCUT2D eigenvalue weighted by Crippen LogP contribution is 2.09. The second-order valence-electron chi connectivity index (χ2n) is 4.35. The lowest BCUT2D eigenvalue weighted by Gasteiger charge is -2.08. The molecule has 0 aromatic heterocycles. The lowest BCUT2D eigenvalue weighted by molar-refractivity contribution is 0.129. The van der Waals surface area contributed by atoms with Crippen molar-refractivity contribution in [3.05, 3.63) is 35.6 Å². The summed E-state index contributed by atoms with van der Waals surface area (Å²) in [6.07, 6.45) is 2.83. The van der Waals surface area contributed by atoms with E-state index in [0.717, 1.165) is 5.56 Å². The molecule has 0 saturated carbocycles. The molecular weight excluding hydrogens is 193 g/mol. The van der Waals surface area contributed by atoms with Crippen molar-refractivity contribution in [3.63, 3.8) is 0 Å². The number of halogens is 1. The molecule has 0 unspecified atom stereocenters. The van der Waals surface area contributed by atoms with Crippen molar-refractivity contribution in [1.82, 2.24) is 0 Å². The largest absolute Gasteiger partial charge is 0.391 e. The van der Waals surface area contributed by atoms with Crippen LogP contribution in [-0.2, 0) is 11.4 Å². The maximum Gasteiger partial charge on any atom is 0.142 e. The number of benzene rings is 1. The summed E-state index contributed by atoms with van der Waals surface area (Å²) in [7, 11) is 0. The zero-order valence-electron chi connectivity index (χ0n) is 9.25. The predicted molar refractivity (Wildman–Crippen MR) is 58.1 cm³/mol. The highest BCUT2D eigenvalue weighted by Gasteiger charge is 2.06. The van der Waals surface area contributed by atoms with Crippen molar-refractivity contribution in [2.24, 2.45) is 10.6 Å². The molecule has 0 amide bonds. The van der Waals surface area contributed by atoms with Crippen LogP contribution >= 0.6 is 0 Å². The number of nitrogens with zero attached hydrogens (tertiary/aromatic N) is 1. The van der Waals surface area contributed by atoms with E-state index in [1.54, 1.807) is 12.1 Å². The summed E-state index contributed by atoms with van der Waals surface area (Å²) in [5.74, 6) is -0.247. The smallest absolute Gasteiger partial charge is 0.142 e. The second kappa shape index (κ2) is 4.91. The SMILES string of the molecule is CC(C)(C)/[C]=N\OCc1ccc(F)cc1. The molecule has 1 rings (SSSR count). The van der Waals surface area contributed by atoms with Gasteiger partial charge >= 0.3 is 0 Å². The number of hydrogen-bond acceptors (Lipinski definition) is 2. The first-order valence-corrected chi connectivity index (χ1v) is 4.81. The third-order valence-electron chi connectivity index (χ3n) is 1.59. The first kappa shape index (κ1) is 11.7. The minimum atomic E-state index is -0.247. The molecular formula is C12H15FNO. The molecule has 0 atom stereocenters. The number of rotatable bonds is 3. The van der Waals surface area contributed by atoms with Gasteiger partial charge in [-0.25, -0.2) is 4.39 Å². The zero-order chi connectivity index (χ0) is 11.3. The maximum absolute atomic E-state index is 12.6. The molecule has 2 nitrogen and oxygen atoms in total. The van der Waals surface area contributed by atoms with Crippen LogP contribution in [0.4, 0.5) is 4.39 Å². The predicted octanol–water partition coefficient (Wildman–Crippen LogP) is 3.25. The van der Waals surface area contributed by atoms with Crippen molar-refractivity contribution in [2.45, 2.75) is 27.4 Å². The van der Waals surface area contributed by atoms with Crippen LogP contribution in [0, 0.1) is 11.2 Å². The van der Waals surface area contributed by atoms with E-state index in [9.17, 15) is 4.39 Å². The van der Waals surface area contributed by atoms with Gasteiger partial charge in [0.15, 0.2) is 0 Å². The van der Waals surface area contributed by atoms with Crippen LogP contribution in [0.5, 0.6) is 0 Å². The molecule has 0 aliphatic carbocycles. The molecule has 1 aromatic rings. The van der Waals surface area contributed by atoms with Crippen molar-refractivity contribution in [1.29, 1.82) is 0 Å². The summed E-state index contributed by atoms with van der Waals surface area (Å²) in [6, 6.07) is 6.13. The van der Waals surface area contributed by atoms with Crippen molar-refractivity contribution in [3.8, 4) is 0 Å². The van der Waals surface area contributed by atoms with Gasteiger partial charge in [0.1, 0.15) is 18.6 Å². The Kier molecular flexibility index (Phi) is 3.83. The lowest BCUT2D eigenvalue weighted by atomic mass is 10.00. The maximum atomic E-state index is 12.6. The zero-order valence-corrected chi connectivity index (χ0v) is 9.25. The molecule has 0 fully saturated rings. The standard InChI is InChI=1S/C12H15FNO/c1-12(2,3)9-14-15-8-10-4-6-11(13)7-5-10/h4-7H,8H2,1-3H3. The summed E-state index contributed by atoms with van der Waals surface area (Å²) in [4.78, 5) is 5.03. The van der Waals surface area contributed by atoms with Crippen molar-refractivity contribution in [2.75, 3.05) is 0 Å². The normalized spacial score (nSPS) is 12.0. The van der Waals surface area contributed by atoms with E-state index in [1.807, 2.05) is 20.8 Å². The van der Waals surface area contributed by atoms with Crippen LogP contribution in [0.15, 0.2) is 29.4 Å². The molecule has 15 heavy (non-hydrogen) atoms. The molecule has 1 aromatic carbocycles. The first-order chi connectivity index (χ1) is 6.97. The van der Waals surface area contributed by atoms with E-state index in [1.165, 1.54) is 12.1 Å². The van der Waals surface area contributed by atoms with E-state index >= 15 is 0 Å². The first-order valence-electron chi connectivity index (χ1n) is 4.81. The van der Waals surface area contributed by atoms with Gasteiger partial charge in [-0.3, -0.25) is 0 Å². The highest BCUT2D eigenvalue weighted by molar-refractivity contribution is 5.63. The van der Waals surface area contributed by atoms with Crippen LogP contribution in [0.3, 0.4) is 0 Å². The van der Waals surface area contributed by atoms with Crippen LogP contribution in [0.2, 0.25) is 0 Å². The summed E-state index contributed by atoms with van der Waals surface area (Å²) in [5, 5.41) is 3.72. The molecule has 0 N–H and O–H groups in total. The van der Waals surface area contributed by atoms with E-state index in [0.29, 0.717) is 6.61 Å². The monoisotopic (exact) mass is 208 g/mol. The lowest BCUT2D eigenvalue weighted by Crippen LogP contribution is -2.06. The molecule has 3 heteroatoms. The van der Waals surface area contributed by atoms with Gasteiger partial charge in [0.2, 0.25) is 0 Å². The minimum Gasteiger partial charge on any atom is -0.391 e. The fourth-order valence-corrected chi connectivity index (χ4v) is 0.857. The summed E-state index contributed by atoms with van der Waals surface area (Å²) in [5.41, 5.74) is 0.777. The Morgan fingerprint density at radius 1 is 1.27 bits per heavy atom. The third-order valence-corrected chi connectivity index (χ3v) is 1.59. The van der Waals surface area contributed by atoms with Gasteiger partial charge < -0.3 is 4.84 Å². The van der Waals surface area contributed by atoms with Gasteiger partial charge in [0.25, 0.3) is 0 Å². The van der Waals surface area contributed by atoms with Crippen LogP contribution < -0.4 is 0 Å². The fourth-order valence-electron chi connectivity index (χ4n) is 0.857. The second-order valence-corrected chi connectivity index (χ2v) is 4.35. The molecule has 0 aliphatic heterocycles. The Labute approximate surface area is 89.7 Å². The van der Waals surface area contributed by atoms with Gasteiger partial charge in [0.05, 0.1) is 0 Å². The molecule has 0 spiro atoms. The Morgan fingerprint density at radius 3 is 2.40 bits per heavy atom. The van der Waals surface area contributed by atoms with Gasteiger partial charge in [-0.05, 0) is 17.7 Å². The van der Waals surface area contributed by atoms with Crippen molar-refractivity contribution < 1.29 is 9.23 Å². The van der Waals surface area contributed by atoms with Gasteiger partial charge in [-0.1, -0.05) is 38.1 Å². The molecule has 0 bridgehead atoms. The highest BCUT2D eigenvalue weighted by atomic mass is 19.1.